The molecule has 0 aliphatic carbocycles. The zero-order valence-electron chi connectivity index (χ0n) is 10.3. The third-order valence-corrected chi connectivity index (χ3v) is 3.54. The van der Waals surface area contributed by atoms with E-state index in [1.165, 1.54) is 0 Å². The largest absolute Gasteiger partial charge is 0.479 e. The highest BCUT2D eigenvalue weighted by Crippen LogP contribution is 2.39. The van der Waals surface area contributed by atoms with Crippen molar-refractivity contribution in [3.05, 3.63) is 53.0 Å². The molecule has 19 heavy (non-hydrogen) atoms. The Morgan fingerprint density at radius 1 is 1.16 bits per heavy atom. The molecule has 0 saturated carbocycles. The summed E-state index contributed by atoms with van der Waals surface area (Å²) in [5.41, 5.74) is 1.62. The van der Waals surface area contributed by atoms with E-state index in [1.807, 2.05) is 48.5 Å². The molecule has 0 fully saturated rings. The average Bonchev–Trinajstić information content (AvgIpc) is 2.40. The van der Waals surface area contributed by atoms with E-state index < -0.39 is 6.10 Å². The molecule has 0 aromatic heterocycles. The minimum atomic E-state index is -0.478. The molecule has 0 N–H and O–H groups in total. The maximum atomic E-state index is 12.4. The van der Waals surface area contributed by atoms with Crippen LogP contribution in [0.25, 0.3) is 0 Å². The molecule has 2 aromatic rings. The lowest BCUT2D eigenvalue weighted by Gasteiger charge is -2.33. The summed E-state index contributed by atoms with van der Waals surface area (Å²) in [6.07, 6.45) is -0.478. The van der Waals surface area contributed by atoms with Crippen LogP contribution in [0.2, 0.25) is 0 Å². The van der Waals surface area contributed by atoms with Gasteiger partial charge in [-0.05, 0) is 37.3 Å². The van der Waals surface area contributed by atoms with E-state index in [1.54, 1.807) is 11.8 Å². The van der Waals surface area contributed by atoms with E-state index in [-0.39, 0.29) is 5.91 Å². The van der Waals surface area contributed by atoms with Crippen LogP contribution in [-0.2, 0) is 4.79 Å². The van der Waals surface area contributed by atoms with Crippen molar-refractivity contribution in [1.82, 2.24) is 0 Å². The number of amides is 1. The number of carbonyl (C=O) groups excluding carboxylic acids is 1. The van der Waals surface area contributed by atoms with Crippen LogP contribution in [-0.4, -0.2) is 12.0 Å². The van der Waals surface area contributed by atoms with Crippen molar-refractivity contribution >= 4 is 33.2 Å². The molecule has 1 aliphatic heterocycles. The molecule has 0 bridgehead atoms. The summed E-state index contributed by atoms with van der Waals surface area (Å²) in [5.74, 6) is 0.673. The second-order valence-electron chi connectivity index (χ2n) is 4.38. The van der Waals surface area contributed by atoms with E-state index >= 15 is 0 Å². The van der Waals surface area contributed by atoms with E-state index in [9.17, 15) is 4.79 Å². The van der Waals surface area contributed by atoms with Crippen LogP contribution in [0.4, 0.5) is 11.4 Å². The zero-order chi connectivity index (χ0) is 13.4. The van der Waals surface area contributed by atoms with Crippen LogP contribution < -0.4 is 9.64 Å². The smallest absolute Gasteiger partial charge is 0.272 e. The van der Waals surface area contributed by atoms with Gasteiger partial charge >= 0.3 is 0 Å². The molecule has 0 radical (unpaired) electrons. The maximum Gasteiger partial charge on any atom is 0.272 e. The van der Waals surface area contributed by atoms with Crippen molar-refractivity contribution in [2.24, 2.45) is 0 Å². The summed E-state index contributed by atoms with van der Waals surface area (Å²) in [7, 11) is 0. The van der Waals surface area contributed by atoms with Crippen LogP contribution in [0.1, 0.15) is 6.92 Å². The monoisotopic (exact) mass is 317 g/mol. The van der Waals surface area contributed by atoms with Crippen molar-refractivity contribution < 1.29 is 9.53 Å². The fourth-order valence-corrected chi connectivity index (χ4v) is 2.55. The number of carbonyl (C=O) groups is 1. The first-order valence-corrected chi connectivity index (χ1v) is 6.81. The number of ether oxygens (including phenoxy) is 1. The predicted molar refractivity (Wildman–Crippen MR) is 77.8 cm³/mol. The third-order valence-electron chi connectivity index (χ3n) is 3.04. The minimum Gasteiger partial charge on any atom is -0.479 e. The average molecular weight is 318 g/mol. The van der Waals surface area contributed by atoms with Crippen LogP contribution >= 0.6 is 15.9 Å². The second kappa shape index (κ2) is 4.70. The molecule has 0 saturated heterocycles. The van der Waals surface area contributed by atoms with Crippen molar-refractivity contribution in [3.8, 4) is 5.75 Å². The number of fused-ring (bicyclic) bond motifs is 1. The lowest BCUT2D eigenvalue weighted by Crippen LogP contribution is -2.41. The van der Waals surface area contributed by atoms with Crippen LogP contribution in [0.15, 0.2) is 53.0 Å². The van der Waals surface area contributed by atoms with E-state index in [4.69, 9.17) is 4.74 Å². The first-order valence-electron chi connectivity index (χ1n) is 6.02. The molecule has 96 valence electrons. The molecule has 1 heterocycles. The van der Waals surface area contributed by atoms with Gasteiger partial charge in [0.05, 0.1) is 11.4 Å². The number of hydrogen-bond acceptors (Lipinski definition) is 2. The highest BCUT2D eigenvalue weighted by Gasteiger charge is 2.32. The van der Waals surface area contributed by atoms with Gasteiger partial charge < -0.3 is 4.74 Å². The number of hydrogen-bond donors (Lipinski definition) is 0. The quantitative estimate of drug-likeness (QED) is 0.798. The number of benzene rings is 2. The van der Waals surface area contributed by atoms with Crippen LogP contribution in [0.5, 0.6) is 5.75 Å². The SMILES string of the molecule is CC1Oc2ccccc2N(c2cccc(Br)c2)C1=O. The molecule has 1 aliphatic rings. The number of para-hydroxylation sites is 2. The first kappa shape index (κ1) is 12.2. The highest BCUT2D eigenvalue weighted by molar-refractivity contribution is 9.10. The summed E-state index contributed by atoms with van der Waals surface area (Å²) in [6, 6.07) is 15.3. The zero-order valence-corrected chi connectivity index (χ0v) is 11.9. The van der Waals surface area contributed by atoms with Crippen molar-refractivity contribution in [2.45, 2.75) is 13.0 Å². The van der Waals surface area contributed by atoms with Gasteiger partial charge in [0.2, 0.25) is 0 Å². The molecule has 1 atom stereocenters. The number of nitrogens with zero attached hydrogens (tertiary/aromatic N) is 1. The molecule has 0 spiro atoms. The molecule has 2 aromatic carbocycles. The Morgan fingerprint density at radius 2 is 1.95 bits per heavy atom. The summed E-state index contributed by atoms with van der Waals surface area (Å²) >= 11 is 3.43. The lowest BCUT2D eigenvalue weighted by molar-refractivity contribution is -0.124. The molecule has 1 unspecified atom stereocenters. The van der Waals surface area contributed by atoms with Gasteiger partial charge in [-0.15, -0.1) is 0 Å². The molecular formula is C15H12BrNO2. The summed E-state index contributed by atoms with van der Waals surface area (Å²) in [4.78, 5) is 14.1. The van der Waals surface area contributed by atoms with E-state index in [2.05, 4.69) is 15.9 Å². The minimum absolute atomic E-state index is 0.0585. The summed E-state index contributed by atoms with van der Waals surface area (Å²) in [5, 5.41) is 0. The predicted octanol–water partition coefficient (Wildman–Crippen LogP) is 3.89. The van der Waals surface area contributed by atoms with Gasteiger partial charge in [-0.1, -0.05) is 34.1 Å². The molecule has 4 heteroatoms. The van der Waals surface area contributed by atoms with Crippen molar-refractivity contribution in [2.75, 3.05) is 4.90 Å². The van der Waals surface area contributed by atoms with E-state index in [0.29, 0.717) is 0 Å². The molecule has 1 amide bonds. The second-order valence-corrected chi connectivity index (χ2v) is 5.30. The maximum absolute atomic E-state index is 12.4. The van der Waals surface area contributed by atoms with Gasteiger partial charge in [0, 0.05) is 4.47 Å². The van der Waals surface area contributed by atoms with Gasteiger partial charge in [-0.3, -0.25) is 9.69 Å². The summed E-state index contributed by atoms with van der Waals surface area (Å²) < 4.78 is 6.56. The third kappa shape index (κ3) is 2.12. The Morgan fingerprint density at radius 3 is 2.74 bits per heavy atom. The standard InChI is InChI=1S/C15H12BrNO2/c1-10-15(18)17(12-6-4-5-11(16)9-12)13-7-2-3-8-14(13)19-10/h2-10H,1H3. The fraction of sp³-hybridized carbons (Fsp3) is 0.133. The summed E-state index contributed by atoms with van der Waals surface area (Å²) in [6.45, 7) is 1.77. The topological polar surface area (TPSA) is 29.5 Å². The van der Waals surface area contributed by atoms with Crippen molar-refractivity contribution in [1.29, 1.82) is 0 Å². The van der Waals surface area contributed by atoms with Crippen molar-refractivity contribution in [3.63, 3.8) is 0 Å². The van der Waals surface area contributed by atoms with E-state index in [0.717, 1.165) is 21.6 Å². The Labute approximate surface area is 119 Å². The Balaban J connectivity index is 2.16. The lowest BCUT2D eigenvalue weighted by atomic mass is 10.1. The van der Waals surface area contributed by atoms with Gasteiger partial charge in [0.1, 0.15) is 5.75 Å². The van der Waals surface area contributed by atoms with Crippen LogP contribution in [0, 0.1) is 0 Å². The van der Waals surface area contributed by atoms with Gasteiger partial charge in [-0.25, -0.2) is 0 Å². The van der Waals surface area contributed by atoms with Gasteiger partial charge in [-0.2, -0.15) is 0 Å². The number of halogens is 1. The van der Waals surface area contributed by atoms with Crippen LogP contribution in [0.3, 0.4) is 0 Å². The Hall–Kier alpha value is -1.81. The molecular weight excluding hydrogens is 306 g/mol. The Kier molecular flexibility index (Phi) is 3.03. The molecule has 3 nitrogen and oxygen atoms in total. The van der Waals surface area contributed by atoms with Gasteiger partial charge in [0.25, 0.3) is 5.91 Å². The first-order chi connectivity index (χ1) is 9.16. The molecule has 3 rings (SSSR count). The normalized spacial score (nSPS) is 17.9. The van der Waals surface area contributed by atoms with Gasteiger partial charge in [0.15, 0.2) is 6.10 Å². The fourth-order valence-electron chi connectivity index (χ4n) is 2.16. The number of anilines is 2. The number of rotatable bonds is 1. The highest BCUT2D eigenvalue weighted by atomic mass is 79.9. The Bertz CT molecular complexity index is 642.